The number of hydrogen-bond acceptors (Lipinski definition) is 3. The van der Waals surface area contributed by atoms with E-state index in [1.165, 1.54) is 0 Å². The summed E-state index contributed by atoms with van der Waals surface area (Å²) in [7, 11) is -3.46. The van der Waals surface area contributed by atoms with Crippen molar-refractivity contribution in [1.29, 1.82) is 0 Å². The van der Waals surface area contributed by atoms with Gasteiger partial charge in [-0.3, -0.25) is 0 Å². The van der Waals surface area contributed by atoms with E-state index >= 15 is 0 Å². The lowest BCUT2D eigenvalue weighted by molar-refractivity contribution is 0.281. The molecule has 0 aromatic heterocycles. The van der Waals surface area contributed by atoms with Crippen molar-refractivity contribution in [1.82, 2.24) is 4.31 Å². The molecule has 1 aliphatic carbocycles. The van der Waals surface area contributed by atoms with Gasteiger partial charge in [-0.1, -0.05) is 6.07 Å². The molecule has 0 amide bonds. The normalized spacial score (nSPS) is 27.1. The molecule has 2 bridgehead atoms. The molecule has 1 saturated heterocycles. The number of aliphatic hydroxyl groups is 1. The highest BCUT2D eigenvalue weighted by Crippen LogP contribution is 2.41. The van der Waals surface area contributed by atoms with E-state index in [-0.39, 0.29) is 17.5 Å². The first-order valence-corrected chi connectivity index (χ1v) is 8.67. The van der Waals surface area contributed by atoms with Gasteiger partial charge in [0.25, 0.3) is 0 Å². The minimum atomic E-state index is -3.46. The lowest BCUT2D eigenvalue weighted by Gasteiger charge is -2.26. The molecule has 2 fully saturated rings. The van der Waals surface area contributed by atoms with E-state index in [2.05, 4.69) is 15.9 Å². The zero-order valence-corrected chi connectivity index (χ0v) is 12.8. The highest BCUT2D eigenvalue weighted by atomic mass is 79.9. The van der Waals surface area contributed by atoms with E-state index in [0.717, 1.165) is 19.3 Å². The van der Waals surface area contributed by atoms with Crippen LogP contribution in [0.5, 0.6) is 0 Å². The summed E-state index contributed by atoms with van der Waals surface area (Å²) >= 11 is 3.31. The van der Waals surface area contributed by atoms with Crippen LogP contribution in [0.25, 0.3) is 0 Å². The van der Waals surface area contributed by atoms with Crippen molar-refractivity contribution in [2.24, 2.45) is 5.92 Å². The zero-order valence-electron chi connectivity index (χ0n) is 10.4. The third-order valence-corrected chi connectivity index (χ3v) is 7.04. The van der Waals surface area contributed by atoms with Gasteiger partial charge in [-0.2, -0.15) is 4.31 Å². The van der Waals surface area contributed by atoms with Crippen LogP contribution in [0.1, 0.15) is 24.8 Å². The molecule has 19 heavy (non-hydrogen) atoms. The molecule has 1 aromatic rings. The maximum atomic E-state index is 12.7. The van der Waals surface area contributed by atoms with Gasteiger partial charge in [0.2, 0.25) is 10.0 Å². The first-order valence-electron chi connectivity index (χ1n) is 6.43. The fourth-order valence-corrected chi connectivity index (χ4v) is 5.86. The molecule has 0 spiro atoms. The molecule has 0 radical (unpaired) electrons. The van der Waals surface area contributed by atoms with Gasteiger partial charge in [0.05, 0.1) is 11.5 Å². The molecule has 104 valence electrons. The Kier molecular flexibility index (Phi) is 3.45. The average molecular weight is 346 g/mol. The number of nitrogens with zero attached hydrogens (tertiary/aromatic N) is 1. The van der Waals surface area contributed by atoms with Crippen LogP contribution < -0.4 is 0 Å². The Labute approximate surface area is 121 Å². The standard InChI is InChI=1S/C13H16BrNO3S/c14-12-4-2-10(8-16)6-13(12)19(17,18)15-7-9-1-3-11(15)5-9/h2,4,6,9,11,16H,1,3,5,7-8H2. The average Bonchev–Trinajstić information content (AvgIpc) is 3.01. The first kappa shape index (κ1) is 13.5. The van der Waals surface area contributed by atoms with Gasteiger partial charge >= 0.3 is 0 Å². The van der Waals surface area contributed by atoms with Crippen molar-refractivity contribution >= 4 is 26.0 Å². The summed E-state index contributed by atoms with van der Waals surface area (Å²) in [6, 6.07) is 5.14. The van der Waals surface area contributed by atoms with E-state index in [4.69, 9.17) is 5.11 Å². The molecule has 3 rings (SSSR count). The molecule has 1 aliphatic heterocycles. The highest BCUT2D eigenvalue weighted by molar-refractivity contribution is 9.10. The fourth-order valence-electron chi connectivity index (χ4n) is 3.14. The number of fused-ring (bicyclic) bond motifs is 2. The molecule has 2 unspecified atom stereocenters. The van der Waals surface area contributed by atoms with Crippen LogP contribution in [0.3, 0.4) is 0 Å². The van der Waals surface area contributed by atoms with Gasteiger partial charge in [-0.05, 0) is 58.8 Å². The minimum Gasteiger partial charge on any atom is -0.392 e. The van der Waals surface area contributed by atoms with Crippen LogP contribution in [0.4, 0.5) is 0 Å². The monoisotopic (exact) mass is 345 g/mol. The highest BCUT2D eigenvalue weighted by Gasteiger charge is 2.44. The zero-order chi connectivity index (χ0) is 13.6. The lowest BCUT2D eigenvalue weighted by atomic mass is 10.1. The molecule has 1 heterocycles. The summed E-state index contributed by atoms with van der Waals surface area (Å²) in [5.74, 6) is 0.527. The molecule has 1 N–H and O–H groups in total. The van der Waals surface area contributed by atoms with Crippen LogP contribution >= 0.6 is 15.9 Å². The summed E-state index contributed by atoms with van der Waals surface area (Å²) in [5, 5.41) is 9.17. The first-order chi connectivity index (χ1) is 9.02. The summed E-state index contributed by atoms with van der Waals surface area (Å²) in [4.78, 5) is 0.270. The number of benzene rings is 1. The molecule has 6 heteroatoms. The van der Waals surface area contributed by atoms with Crippen LogP contribution in [-0.2, 0) is 16.6 Å². The Morgan fingerprint density at radius 2 is 2.16 bits per heavy atom. The second-order valence-corrected chi connectivity index (χ2v) is 8.04. The van der Waals surface area contributed by atoms with Crippen molar-refractivity contribution in [3.63, 3.8) is 0 Å². The van der Waals surface area contributed by atoms with Crippen LogP contribution in [-0.4, -0.2) is 30.4 Å². The third-order valence-electron chi connectivity index (χ3n) is 4.12. The van der Waals surface area contributed by atoms with Crippen LogP contribution in [0, 0.1) is 5.92 Å². The minimum absolute atomic E-state index is 0.151. The Hall–Kier alpha value is -0.430. The van der Waals surface area contributed by atoms with Gasteiger partial charge in [0.15, 0.2) is 0 Å². The molecule has 4 nitrogen and oxygen atoms in total. The SMILES string of the molecule is O=S(=O)(c1cc(CO)ccc1Br)N1CC2CCC1C2. The molecular weight excluding hydrogens is 330 g/mol. The molecule has 1 saturated carbocycles. The fraction of sp³-hybridized carbons (Fsp3) is 0.538. The number of hydrogen-bond donors (Lipinski definition) is 1. The van der Waals surface area contributed by atoms with Crippen molar-refractivity contribution < 1.29 is 13.5 Å². The molecule has 2 atom stereocenters. The van der Waals surface area contributed by atoms with Crippen molar-refractivity contribution in [3.8, 4) is 0 Å². The van der Waals surface area contributed by atoms with E-state index in [0.29, 0.717) is 22.5 Å². The predicted octanol–water partition coefficient (Wildman–Crippen LogP) is 2.11. The number of rotatable bonds is 3. The Bertz CT molecular complexity index is 602. The Morgan fingerprint density at radius 1 is 1.37 bits per heavy atom. The van der Waals surface area contributed by atoms with E-state index in [1.54, 1.807) is 22.5 Å². The van der Waals surface area contributed by atoms with E-state index in [9.17, 15) is 8.42 Å². The number of sulfonamides is 1. The quantitative estimate of drug-likeness (QED) is 0.912. The second-order valence-electron chi connectivity index (χ2n) is 5.33. The van der Waals surface area contributed by atoms with Crippen LogP contribution in [0.2, 0.25) is 0 Å². The van der Waals surface area contributed by atoms with E-state index < -0.39 is 10.0 Å². The summed E-state index contributed by atoms with van der Waals surface area (Å²) < 4.78 is 27.7. The predicted molar refractivity (Wildman–Crippen MR) is 75.1 cm³/mol. The van der Waals surface area contributed by atoms with Crippen LogP contribution in [0.15, 0.2) is 27.6 Å². The van der Waals surface area contributed by atoms with Gasteiger partial charge in [-0.15, -0.1) is 0 Å². The van der Waals surface area contributed by atoms with Gasteiger partial charge in [0.1, 0.15) is 0 Å². The Morgan fingerprint density at radius 3 is 2.74 bits per heavy atom. The van der Waals surface area contributed by atoms with Crippen molar-refractivity contribution in [3.05, 3.63) is 28.2 Å². The number of piperidine rings is 1. The summed E-state index contributed by atoms with van der Waals surface area (Å²) in [6.45, 7) is 0.491. The molecule has 1 aromatic carbocycles. The molecular formula is C13H16BrNO3S. The van der Waals surface area contributed by atoms with E-state index in [1.807, 2.05) is 0 Å². The maximum Gasteiger partial charge on any atom is 0.244 e. The van der Waals surface area contributed by atoms with Gasteiger partial charge in [0, 0.05) is 17.1 Å². The Balaban J connectivity index is 2.00. The molecule has 2 aliphatic rings. The largest absolute Gasteiger partial charge is 0.392 e. The topological polar surface area (TPSA) is 57.6 Å². The number of aliphatic hydroxyl groups excluding tert-OH is 1. The lowest BCUT2D eigenvalue weighted by Crippen LogP contribution is -2.37. The van der Waals surface area contributed by atoms with Gasteiger partial charge in [-0.25, -0.2) is 8.42 Å². The van der Waals surface area contributed by atoms with Gasteiger partial charge < -0.3 is 5.11 Å². The second kappa shape index (κ2) is 4.84. The summed E-state index contributed by atoms with van der Waals surface area (Å²) in [6.07, 6.45) is 3.12. The smallest absolute Gasteiger partial charge is 0.244 e. The van der Waals surface area contributed by atoms with Crippen molar-refractivity contribution in [2.45, 2.75) is 36.8 Å². The third kappa shape index (κ3) is 2.24. The summed E-state index contributed by atoms with van der Waals surface area (Å²) in [5.41, 5.74) is 0.617. The number of halogens is 1. The maximum absolute atomic E-state index is 12.7. The van der Waals surface area contributed by atoms with Crippen molar-refractivity contribution in [2.75, 3.05) is 6.54 Å².